The first kappa shape index (κ1) is 19.9. The Morgan fingerprint density at radius 3 is 2.75 bits per heavy atom. The van der Waals surface area contributed by atoms with Gasteiger partial charge in [0.05, 0.1) is 12.2 Å². The number of fused-ring (bicyclic) bond motifs is 1. The summed E-state index contributed by atoms with van der Waals surface area (Å²) in [5.74, 6) is 0.118. The maximum absolute atomic E-state index is 12.7. The van der Waals surface area contributed by atoms with Gasteiger partial charge in [-0.25, -0.2) is 0 Å². The molecule has 0 bridgehead atoms. The summed E-state index contributed by atoms with van der Waals surface area (Å²) >= 11 is 1.58. The number of hydrogen-bond acceptors (Lipinski definition) is 4. The monoisotopic (exact) mass is 397 g/mol. The van der Waals surface area contributed by atoms with Crippen molar-refractivity contribution in [2.75, 3.05) is 30.0 Å². The SMILES string of the molecule is Cc1ccc(C)c(NC(=O)CN(C)C(=O)c2ccc3c(c2)NC(=O)CCS3)c1. The Bertz CT molecular complexity index is 942. The van der Waals surface area contributed by atoms with Crippen LogP contribution in [0.5, 0.6) is 0 Å². The van der Waals surface area contributed by atoms with E-state index in [0.29, 0.717) is 23.4 Å². The summed E-state index contributed by atoms with van der Waals surface area (Å²) in [6, 6.07) is 11.1. The number of aryl methyl sites for hydroxylation is 2. The number of nitrogens with one attached hydrogen (secondary N) is 2. The summed E-state index contributed by atoms with van der Waals surface area (Å²) in [5, 5.41) is 5.69. The highest BCUT2D eigenvalue weighted by Gasteiger charge is 2.19. The van der Waals surface area contributed by atoms with E-state index in [4.69, 9.17) is 0 Å². The topological polar surface area (TPSA) is 78.5 Å². The molecule has 0 saturated heterocycles. The van der Waals surface area contributed by atoms with E-state index in [9.17, 15) is 14.4 Å². The van der Waals surface area contributed by atoms with Crippen LogP contribution in [0.2, 0.25) is 0 Å². The number of nitrogens with zero attached hydrogens (tertiary/aromatic N) is 1. The molecule has 0 atom stereocenters. The van der Waals surface area contributed by atoms with Crippen LogP contribution in [-0.2, 0) is 9.59 Å². The molecule has 0 saturated carbocycles. The number of carbonyl (C=O) groups is 3. The van der Waals surface area contributed by atoms with Gasteiger partial charge in [0.2, 0.25) is 11.8 Å². The summed E-state index contributed by atoms with van der Waals surface area (Å²) in [6.45, 7) is 3.82. The molecule has 2 aromatic rings. The number of benzene rings is 2. The molecule has 2 aromatic carbocycles. The Labute approximate surface area is 168 Å². The lowest BCUT2D eigenvalue weighted by Crippen LogP contribution is -2.35. The molecule has 6 nitrogen and oxygen atoms in total. The average Bonchev–Trinajstić information content (AvgIpc) is 2.83. The molecule has 7 heteroatoms. The normalized spacial score (nSPS) is 13.2. The van der Waals surface area contributed by atoms with Gasteiger partial charge in [-0.1, -0.05) is 12.1 Å². The van der Waals surface area contributed by atoms with Crippen LogP contribution >= 0.6 is 11.8 Å². The van der Waals surface area contributed by atoms with E-state index in [2.05, 4.69) is 10.6 Å². The number of likely N-dealkylation sites (N-methyl/N-ethyl adjacent to an activating group) is 1. The van der Waals surface area contributed by atoms with Crippen LogP contribution < -0.4 is 10.6 Å². The number of amides is 3. The maximum atomic E-state index is 12.7. The maximum Gasteiger partial charge on any atom is 0.254 e. The van der Waals surface area contributed by atoms with Gasteiger partial charge < -0.3 is 15.5 Å². The smallest absolute Gasteiger partial charge is 0.254 e. The van der Waals surface area contributed by atoms with Crippen molar-refractivity contribution in [3.05, 3.63) is 53.1 Å². The van der Waals surface area contributed by atoms with Gasteiger partial charge in [-0.05, 0) is 49.2 Å². The highest BCUT2D eigenvalue weighted by molar-refractivity contribution is 7.99. The molecule has 0 spiro atoms. The number of hydrogen-bond donors (Lipinski definition) is 2. The molecule has 1 heterocycles. The summed E-state index contributed by atoms with van der Waals surface area (Å²) < 4.78 is 0. The fourth-order valence-corrected chi connectivity index (χ4v) is 3.86. The summed E-state index contributed by atoms with van der Waals surface area (Å²) in [4.78, 5) is 39.2. The highest BCUT2D eigenvalue weighted by atomic mass is 32.2. The van der Waals surface area contributed by atoms with Crippen LogP contribution in [0.3, 0.4) is 0 Å². The van der Waals surface area contributed by atoms with E-state index in [1.165, 1.54) is 4.90 Å². The average molecular weight is 398 g/mol. The van der Waals surface area contributed by atoms with Gasteiger partial charge >= 0.3 is 0 Å². The van der Waals surface area contributed by atoms with E-state index in [1.54, 1.807) is 30.9 Å². The molecule has 3 amide bonds. The third-order valence-corrected chi connectivity index (χ3v) is 5.56. The summed E-state index contributed by atoms with van der Waals surface area (Å²) in [7, 11) is 1.59. The number of thioether (sulfide) groups is 1. The van der Waals surface area contributed by atoms with E-state index in [-0.39, 0.29) is 24.3 Å². The zero-order valence-corrected chi connectivity index (χ0v) is 17.0. The molecule has 0 radical (unpaired) electrons. The van der Waals surface area contributed by atoms with Crippen molar-refractivity contribution in [2.24, 2.45) is 0 Å². The van der Waals surface area contributed by atoms with Crippen molar-refractivity contribution in [2.45, 2.75) is 25.2 Å². The van der Waals surface area contributed by atoms with Crippen LogP contribution in [0, 0.1) is 13.8 Å². The van der Waals surface area contributed by atoms with Crippen LogP contribution in [0.25, 0.3) is 0 Å². The summed E-state index contributed by atoms with van der Waals surface area (Å²) in [5.41, 5.74) is 3.84. The molecule has 0 aliphatic carbocycles. The van der Waals surface area contributed by atoms with Crippen molar-refractivity contribution < 1.29 is 14.4 Å². The Hall–Kier alpha value is -2.80. The van der Waals surface area contributed by atoms with Gasteiger partial charge in [-0.2, -0.15) is 0 Å². The van der Waals surface area contributed by atoms with E-state index in [0.717, 1.165) is 21.7 Å². The molecular weight excluding hydrogens is 374 g/mol. The Morgan fingerprint density at radius 1 is 1.18 bits per heavy atom. The Morgan fingerprint density at radius 2 is 1.96 bits per heavy atom. The zero-order chi connectivity index (χ0) is 20.3. The fraction of sp³-hybridized carbons (Fsp3) is 0.286. The Balaban J connectivity index is 1.68. The van der Waals surface area contributed by atoms with E-state index >= 15 is 0 Å². The zero-order valence-electron chi connectivity index (χ0n) is 16.2. The predicted octanol–water partition coefficient (Wildman–Crippen LogP) is 3.45. The molecule has 2 N–H and O–H groups in total. The highest BCUT2D eigenvalue weighted by Crippen LogP contribution is 2.31. The number of carbonyl (C=O) groups excluding carboxylic acids is 3. The number of rotatable bonds is 4. The molecule has 0 unspecified atom stereocenters. The van der Waals surface area contributed by atoms with Gasteiger partial charge in [-0.3, -0.25) is 14.4 Å². The Kier molecular flexibility index (Phi) is 6.04. The molecule has 28 heavy (non-hydrogen) atoms. The second-order valence-electron chi connectivity index (χ2n) is 6.89. The lowest BCUT2D eigenvalue weighted by molar-refractivity contribution is -0.117. The predicted molar refractivity (Wildman–Crippen MR) is 112 cm³/mol. The first-order chi connectivity index (χ1) is 13.3. The van der Waals surface area contributed by atoms with Gasteiger partial charge in [0.15, 0.2) is 0 Å². The molecule has 146 valence electrons. The largest absolute Gasteiger partial charge is 0.332 e. The molecule has 0 fully saturated rings. The lowest BCUT2D eigenvalue weighted by atomic mass is 10.1. The third kappa shape index (κ3) is 4.72. The summed E-state index contributed by atoms with van der Waals surface area (Å²) in [6.07, 6.45) is 0.446. The minimum atomic E-state index is -0.276. The van der Waals surface area contributed by atoms with Crippen LogP contribution in [-0.4, -0.2) is 42.0 Å². The van der Waals surface area contributed by atoms with Crippen molar-refractivity contribution in [1.82, 2.24) is 4.90 Å². The van der Waals surface area contributed by atoms with Crippen molar-refractivity contribution in [3.8, 4) is 0 Å². The second kappa shape index (κ2) is 8.48. The third-order valence-electron chi connectivity index (χ3n) is 4.48. The van der Waals surface area contributed by atoms with E-state index in [1.807, 2.05) is 38.1 Å². The van der Waals surface area contributed by atoms with Crippen LogP contribution in [0.1, 0.15) is 27.9 Å². The molecule has 1 aliphatic heterocycles. The van der Waals surface area contributed by atoms with Gasteiger partial charge in [0, 0.05) is 35.4 Å². The van der Waals surface area contributed by atoms with Gasteiger partial charge in [0.1, 0.15) is 0 Å². The second-order valence-corrected chi connectivity index (χ2v) is 8.02. The van der Waals surface area contributed by atoms with Crippen molar-refractivity contribution in [1.29, 1.82) is 0 Å². The first-order valence-corrected chi connectivity index (χ1v) is 10.0. The van der Waals surface area contributed by atoms with Gasteiger partial charge in [-0.15, -0.1) is 11.8 Å². The quantitative estimate of drug-likeness (QED) is 0.828. The standard InChI is InChI=1S/C21H23N3O3S/c1-13-4-5-14(2)16(10-13)22-20(26)12-24(3)21(27)15-6-7-18-17(11-15)23-19(25)8-9-28-18/h4-7,10-11H,8-9,12H2,1-3H3,(H,22,26)(H,23,25). The van der Waals surface area contributed by atoms with Gasteiger partial charge in [0.25, 0.3) is 5.91 Å². The molecule has 3 rings (SSSR count). The lowest BCUT2D eigenvalue weighted by Gasteiger charge is -2.18. The van der Waals surface area contributed by atoms with Crippen LogP contribution in [0.4, 0.5) is 11.4 Å². The van der Waals surface area contributed by atoms with Crippen LogP contribution in [0.15, 0.2) is 41.3 Å². The van der Waals surface area contributed by atoms with E-state index < -0.39 is 0 Å². The fourth-order valence-electron chi connectivity index (χ4n) is 2.92. The molecule has 1 aliphatic rings. The minimum absolute atomic E-state index is 0.0582. The first-order valence-electron chi connectivity index (χ1n) is 9.03. The molecular formula is C21H23N3O3S. The number of anilines is 2. The van der Waals surface area contributed by atoms with Crippen molar-refractivity contribution >= 4 is 40.9 Å². The molecule has 0 aromatic heterocycles. The van der Waals surface area contributed by atoms with Crippen molar-refractivity contribution in [3.63, 3.8) is 0 Å². The minimum Gasteiger partial charge on any atom is -0.332 e.